The van der Waals surface area contributed by atoms with Crippen LogP contribution < -0.4 is 4.90 Å². The van der Waals surface area contributed by atoms with Gasteiger partial charge < -0.3 is 13.9 Å². The highest BCUT2D eigenvalue weighted by Crippen LogP contribution is 2.40. The Bertz CT molecular complexity index is 3500. The summed E-state index contributed by atoms with van der Waals surface area (Å²) in [7, 11) is 0. The van der Waals surface area contributed by atoms with E-state index in [9.17, 15) is 0 Å². The molecule has 0 aliphatic carbocycles. The molecule has 3 heteroatoms. The second-order valence-corrected chi connectivity index (χ2v) is 15.4. The van der Waals surface area contributed by atoms with Crippen molar-refractivity contribution in [3.63, 3.8) is 0 Å². The van der Waals surface area contributed by atoms with Crippen LogP contribution in [-0.4, -0.2) is 4.57 Å². The number of aromatic nitrogens is 1. The van der Waals surface area contributed by atoms with E-state index in [4.69, 9.17) is 4.42 Å². The minimum atomic E-state index is 0.902. The Labute approximate surface area is 341 Å². The van der Waals surface area contributed by atoms with Crippen molar-refractivity contribution in [2.24, 2.45) is 0 Å². The first-order valence-corrected chi connectivity index (χ1v) is 20.2. The van der Waals surface area contributed by atoms with Gasteiger partial charge in [-0.1, -0.05) is 140 Å². The van der Waals surface area contributed by atoms with Gasteiger partial charge in [0.25, 0.3) is 0 Å². The van der Waals surface area contributed by atoms with E-state index in [0.29, 0.717) is 0 Å². The third kappa shape index (κ3) is 5.51. The third-order valence-corrected chi connectivity index (χ3v) is 12.0. The Morgan fingerprint density at radius 1 is 0.305 bits per heavy atom. The number of anilines is 3. The Morgan fingerprint density at radius 2 is 0.831 bits per heavy atom. The van der Waals surface area contributed by atoms with Crippen molar-refractivity contribution in [2.75, 3.05) is 4.90 Å². The first-order valence-electron chi connectivity index (χ1n) is 20.2. The maximum Gasteiger partial charge on any atom is 0.136 e. The van der Waals surface area contributed by atoms with Crippen molar-refractivity contribution >= 4 is 82.4 Å². The number of fused-ring (bicyclic) bond motifs is 9. The van der Waals surface area contributed by atoms with Crippen LogP contribution in [0.3, 0.4) is 0 Å². The molecule has 0 spiro atoms. The van der Waals surface area contributed by atoms with Gasteiger partial charge in [0.05, 0.1) is 11.0 Å². The van der Waals surface area contributed by atoms with Crippen molar-refractivity contribution in [1.82, 2.24) is 4.57 Å². The van der Waals surface area contributed by atoms with Gasteiger partial charge in [0.1, 0.15) is 11.2 Å². The molecule has 0 bridgehead atoms. The molecule has 0 radical (unpaired) electrons. The smallest absolute Gasteiger partial charge is 0.136 e. The highest BCUT2D eigenvalue weighted by molar-refractivity contribution is 6.10. The monoisotopic (exact) mass is 752 g/mol. The van der Waals surface area contributed by atoms with Crippen LogP contribution in [0.1, 0.15) is 0 Å². The number of hydrogen-bond donors (Lipinski definition) is 0. The van der Waals surface area contributed by atoms with Gasteiger partial charge in [0.2, 0.25) is 0 Å². The molecule has 276 valence electrons. The highest BCUT2D eigenvalue weighted by Gasteiger charge is 2.17. The molecule has 0 aliphatic rings. The predicted molar refractivity (Wildman–Crippen MR) is 249 cm³/mol. The number of furan rings is 1. The van der Waals surface area contributed by atoms with E-state index in [2.05, 4.69) is 216 Å². The molecule has 3 nitrogen and oxygen atoms in total. The Morgan fingerprint density at radius 3 is 1.56 bits per heavy atom. The summed E-state index contributed by atoms with van der Waals surface area (Å²) in [5.41, 5.74) is 13.3. The maximum atomic E-state index is 6.25. The fourth-order valence-corrected chi connectivity index (χ4v) is 9.12. The molecule has 0 saturated carbocycles. The zero-order chi connectivity index (χ0) is 38.9. The van der Waals surface area contributed by atoms with E-state index in [1.807, 2.05) is 12.1 Å². The topological polar surface area (TPSA) is 21.3 Å². The largest absolute Gasteiger partial charge is 0.456 e. The molecule has 0 N–H and O–H groups in total. The molecule has 12 rings (SSSR count). The quantitative estimate of drug-likeness (QED) is 0.158. The molecular formula is C56H36N2O. The minimum absolute atomic E-state index is 0.902. The molecule has 0 saturated heterocycles. The molecule has 12 aromatic rings. The Kier molecular flexibility index (Phi) is 7.54. The average Bonchev–Trinajstić information content (AvgIpc) is 3.85. The lowest BCUT2D eigenvalue weighted by Gasteiger charge is -2.26. The summed E-state index contributed by atoms with van der Waals surface area (Å²) < 4.78 is 8.63. The zero-order valence-corrected chi connectivity index (χ0v) is 32.1. The van der Waals surface area contributed by atoms with Gasteiger partial charge in [-0.15, -0.1) is 0 Å². The Balaban J connectivity index is 0.939. The van der Waals surface area contributed by atoms with Crippen molar-refractivity contribution in [1.29, 1.82) is 0 Å². The van der Waals surface area contributed by atoms with Gasteiger partial charge in [0, 0.05) is 44.3 Å². The number of rotatable bonds is 6. The summed E-state index contributed by atoms with van der Waals surface area (Å²) in [6, 6.07) is 78.8. The molecule has 0 unspecified atom stereocenters. The summed E-state index contributed by atoms with van der Waals surface area (Å²) in [6.45, 7) is 0. The molecule has 59 heavy (non-hydrogen) atoms. The molecule has 0 aliphatic heterocycles. The van der Waals surface area contributed by atoms with Crippen LogP contribution in [0.25, 0.3) is 93.2 Å². The van der Waals surface area contributed by atoms with Gasteiger partial charge in [0.15, 0.2) is 0 Å². The fourth-order valence-electron chi connectivity index (χ4n) is 9.12. The van der Waals surface area contributed by atoms with Crippen molar-refractivity contribution in [2.45, 2.75) is 0 Å². The summed E-state index contributed by atoms with van der Waals surface area (Å²) in [5.74, 6) is 0. The van der Waals surface area contributed by atoms with E-state index in [1.54, 1.807) is 0 Å². The fraction of sp³-hybridized carbons (Fsp3) is 0. The van der Waals surface area contributed by atoms with Crippen LogP contribution in [-0.2, 0) is 0 Å². The van der Waals surface area contributed by atoms with E-state index in [1.165, 1.54) is 48.9 Å². The molecule has 0 atom stereocenters. The van der Waals surface area contributed by atoms with Crippen LogP contribution in [0.5, 0.6) is 0 Å². The number of para-hydroxylation sites is 3. The lowest BCUT2D eigenvalue weighted by Crippen LogP contribution is -2.09. The molecular weight excluding hydrogens is 717 g/mol. The van der Waals surface area contributed by atoms with Crippen LogP contribution in [0, 0.1) is 0 Å². The maximum absolute atomic E-state index is 6.25. The van der Waals surface area contributed by atoms with Crippen LogP contribution in [0.2, 0.25) is 0 Å². The Hall–Kier alpha value is -7.88. The lowest BCUT2D eigenvalue weighted by molar-refractivity contribution is 0.669. The lowest BCUT2D eigenvalue weighted by atomic mass is 10.00. The summed E-state index contributed by atoms with van der Waals surface area (Å²) in [5, 5.41) is 9.78. The van der Waals surface area contributed by atoms with E-state index >= 15 is 0 Å². The van der Waals surface area contributed by atoms with Gasteiger partial charge in [-0.3, -0.25) is 0 Å². The summed E-state index contributed by atoms with van der Waals surface area (Å²) in [4.78, 5) is 2.36. The highest BCUT2D eigenvalue weighted by atomic mass is 16.3. The van der Waals surface area contributed by atoms with Crippen molar-refractivity contribution < 1.29 is 4.42 Å². The molecule has 2 aromatic heterocycles. The number of benzene rings is 10. The predicted octanol–water partition coefficient (Wildman–Crippen LogP) is 15.8. The zero-order valence-electron chi connectivity index (χ0n) is 32.1. The van der Waals surface area contributed by atoms with E-state index in [0.717, 1.165) is 61.4 Å². The molecule has 0 amide bonds. The SMILES string of the molecule is c1cc(-c2ccc(N(c3ccc(-c4ccc5c(c4)oc4ccccc45)cc3)c3ccc4c(ccc5ccccc54)c3)cc2)cc(-n2c3ccccc3c3ccccc32)c1. The van der Waals surface area contributed by atoms with Crippen LogP contribution >= 0.6 is 0 Å². The van der Waals surface area contributed by atoms with Gasteiger partial charge in [-0.05, 0) is 123 Å². The minimum Gasteiger partial charge on any atom is -0.456 e. The normalized spacial score (nSPS) is 11.7. The number of nitrogens with zero attached hydrogens (tertiary/aromatic N) is 2. The molecule has 10 aromatic carbocycles. The van der Waals surface area contributed by atoms with Crippen molar-refractivity contribution in [3.8, 4) is 27.9 Å². The second kappa shape index (κ2) is 13.4. The molecule has 2 heterocycles. The molecule has 0 fully saturated rings. The van der Waals surface area contributed by atoms with Gasteiger partial charge >= 0.3 is 0 Å². The summed E-state index contributed by atoms with van der Waals surface area (Å²) in [6.07, 6.45) is 0. The number of hydrogen-bond acceptors (Lipinski definition) is 2. The van der Waals surface area contributed by atoms with Gasteiger partial charge in [-0.2, -0.15) is 0 Å². The van der Waals surface area contributed by atoms with Crippen LogP contribution in [0.15, 0.2) is 223 Å². The second-order valence-electron chi connectivity index (χ2n) is 15.4. The third-order valence-electron chi connectivity index (χ3n) is 12.0. The van der Waals surface area contributed by atoms with E-state index in [-0.39, 0.29) is 0 Å². The summed E-state index contributed by atoms with van der Waals surface area (Å²) >= 11 is 0. The average molecular weight is 753 g/mol. The van der Waals surface area contributed by atoms with E-state index < -0.39 is 0 Å². The van der Waals surface area contributed by atoms with Gasteiger partial charge in [-0.25, -0.2) is 0 Å². The standard InChI is InChI=1S/C56H36N2O/c1-2-13-47-39(10-1)20-21-42-35-46(31-33-48(42)47)57(44-29-24-38(25-30-44)41-26-32-52-51-16-5-8-19-55(51)59-56(52)36-41)43-27-22-37(23-28-43)40-11-9-12-45(34-40)58-53-17-6-3-14-49(53)50-15-4-7-18-54(50)58/h1-36H. The van der Waals surface area contributed by atoms with Crippen LogP contribution in [0.4, 0.5) is 17.1 Å². The first kappa shape index (κ1) is 33.3. The van der Waals surface area contributed by atoms with Crippen molar-refractivity contribution in [3.05, 3.63) is 218 Å². The first-order chi connectivity index (χ1) is 29.2.